The number of amides is 1. The van der Waals surface area contributed by atoms with Crippen LogP contribution in [0.2, 0.25) is 0 Å². The minimum atomic E-state index is -1.08. The van der Waals surface area contributed by atoms with Crippen LogP contribution < -0.4 is 5.43 Å². The highest BCUT2D eigenvalue weighted by atomic mass is 16.4. The van der Waals surface area contributed by atoms with Gasteiger partial charge in [0.2, 0.25) is 6.41 Å². The Balaban J connectivity index is 2.95. The van der Waals surface area contributed by atoms with E-state index in [1.807, 2.05) is 0 Å². The SMILES string of the molecule is O=CNn1cccc1C(=O)O. The van der Waals surface area contributed by atoms with E-state index in [1.165, 1.54) is 18.3 Å². The molecule has 0 bridgehead atoms. The second-order valence-corrected chi connectivity index (χ2v) is 1.82. The second-order valence-electron chi connectivity index (χ2n) is 1.82. The normalized spacial score (nSPS) is 9.09. The molecule has 0 aliphatic heterocycles. The summed E-state index contributed by atoms with van der Waals surface area (Å²) in [6, 6.07) is 2.92. The first-order valence-corrected chi connectivity index (χ1v) is 2.86. The van der Waals surface area contributed by atoms with Crippen molar-refractivity contribution in [2.45, 2.75) is 0 Å². The molecule has 1 rings (SSSR count). The van der Waals surface area contributed by atoms with Gasteiger partial charge in [0.1, 0.15) is 5.69 Å². The lowest BCUT2D eigenvalue weighted by Crippen LogP contribution is -2.17. The number of carboxylic acids is 1. The zero-order valence-electron chi connectivity index (χ0n) is 5.52. The number of nitrogens with one attached hydrogen (secondary N) is 1. The zero-order valence-corrected chi connectivity index (χ0v) is 5.52. The third-order valence-corrected chi connectivity index (χ3v) is 1.16. The first-order valence-electron chi connectivity index (χ1n) is 2.86. The standard InChI is InChI=1S/C6H6N2O3/c9-4-7-8-3-1-2-5(8)6(10)11/h1-4H,(H,7,9)(H,10,11). The summed E-state index contributed by atoms with van der Waals surface area (Å²) in [4.78, 5) is 20.3. The van der Waals surface area contributed by atoms with Gasteiger partial charge in [-0.2, -0.15) is 0 Å². The van der Waals surface area contributed by atoms with Crippen LogP contribution >= 0.6 is 0 Å². The number of carbonyl (C=O) groups is 2. The van der Waals surface area contributed by atoms with E-state index in [4.69, 9.17) is 5.11 Å². The molecule has 1 amide bonds. The van der Waals surface area contributed by atoms with Gasteiger partial charge in [-0.3, -0.25) is 14.9 Å². The van der Waals surface area contributed by atoms with Crippen molar-refractivity contribution >= 4 is 12.4 Å². The van der Waals surface area contributed by atoms with Gasteiger partial charge in [0.15, 0.2) is 0 Å². The van der Waals surface area contributed by atoms with Crippen molar-refractivity contribution in [3.8, 4) is 0 Å². The first-order chi connectivity index (χ1) is 5.25. The Labute approximate surface area is 62.2 Å². The highest BCUT2D eigenvalue weighted by Crippen LogP contribution is 1.97. The topological polar surface area (TPSA) is 71.3 Å². The summed E-state index contributed by atoms with van der Waals surface area (Å²) in [5, 5.41) is 8.50. The summed E-state index contributed by atoms with van der Waals surface area (Å²) in [6.07, 6.45) is 1.85. The minimum Gasteiger partial charge on any atom is -0.477 e. The fourth-order valence-electron chi connectivity index (χ4n) is 0.725. The van der Waals surface area contributed by atoms with Gasteiger partial charge in [-0.05, 0) is 12.1 Å². The Hall–Kier alpha value is -1.78. The van der Waals surface area contributed by atoms with Gasteiger partial charge in [-0.25, -0.2) is 4.79 Å². The summed E-state index contributed by atoms with van der Waals surface area (Å²) < 4.78 is 1.12. The molecular weight excluding hydrogens is 148 g/mol. The first kappa shape index (κ1) is 7.33. The van der Waals surface area contributed by atoms with Crippen molar-refractivity contribution in [2.24, 2.45) is 0 Å². The van der Waals surface area contributed by atoms with Crippen LogP contribution in [0.15, 0.2) is 18.3 Å². The molecular formula is C6H6N2O3. The van der Waals surface area contributed by atoms with Gasteiger partial charge in [0.05, 0.1) is 0 Å². The van der Waals surface area contributed by atoms with Gasteiger partial charge < -0.3 is 5.11 Å². The van der Waals surface area contributed by atoms with Gasteiger partial charge in [0, 0.05) is 6.20 Å². The Kier molecular flexibility index (Phi) is 1.91. The molecule has 0 fully saturated rings. The van der Waals surface area contributed by atoms with Crippen molar-refractivity contribution in [3.05, 3.63) is 24.0 Å². The molecule has 0 spiro atoms. The summed E-state index contributed by atoms with van der Waals surface area (Å²) in [5.41, 5.74) is 2.22. The second kappa shape index (κ2) is 2.87. The molecule has 2 N–H and O–H groups in total. The van der Waals surface area contributed by atoms with Gasteiger partial charge in [-0.15, -0.1) is 0 Å². The molecule has 0 saturated heterocycles. The maximum Gasteiger partial charge on any atom is 0.354 e. The van der Waals surface area contributed by atoms with Crippen LogP contribution in [0.3, 0.4) is 0 Å². The van der Waals surface area contributed by atoms with E-state index in [9.17, 15) is 9.59 Å². The molecule has 5 heteroatoms. The Morgan fingerprint density at radius 3 is 3.00 bits per heavy atom. The lowest BCUT2D eigenvalue weighted by Gasteiger charge is -2.00. The monoisotopic (exact) mass is 154 g/mol. The summed E-state index contributed by atoms with van der Waals surface area (Å²) in [7, 11) is 0. The summed E-state index contributed by atoms with van der Waals surface area (Å²) in [6.45, 7) is 0. The van der Waals surface area contributed by atoms with Crippen LogP contribution in [-0.4, -0.2) is 22.2 Å². The number of aromatic nitrogens is 1. The number of nitrogens with zero attached hydrogens (tertiary/aromatic N) is 1. The smallest absolute Gasteiger partial charge is 0.354 e. The molecule has 1 heterocycles. The third kappa shape index (κ3) is 1.37. The minimum absolute atomic E-state index is 0.0251. The van der Waals surface area contributed by atoms with E-state index < -0.39 is 5.97 Å². The fraction of sp³-hybridized carbons (Fsp3) is 0. The van der Waals surface area contributed by atoms with Crippen molar-refractivity contribution in [3.63, 3.8) is 0 Å². The number of aromatic carboxylic acids is 1. The summed E-state index contributed by atoms with van der Waals surface area (Å²) in [5.74, 6) is -1.08. The van der Waals surface area contributed by atoms with Crippen LogP contribution in [0, 0.1) is 0 Å². The van der Waals surface area contributed by atoms with E-state index in [-0.39, 0.29) is 5.69 Å². The maximum atomic E-state index is 10.4. The van der Waals surface area contributed by atoms with Gasteiger partial charge in [0.25, 0.3) is 0 Å². The highest BCUT2D eigenvalue weighted by molar-refractivity contribution is 5.86. The predicted molar refractivity (Wildman–Crippen MR) is 36.8 cm³/mol. The van der Waals surface area contributed by atoms with E-state index in [1.54, 1.807) is 0 Å². The molecule has 5 nitrogen and oxygen atoms in total. The lowest BCUT2D eigenvalue weighted by atomic mass is 10.4. The van der Waals surface area contributed by atoms with E-state index in [0.717, 1.165) is 4.68 Å². The quantitative estimate of drug-likeness (QED) is 0.596. The molecule has 0 aliphatic carbocycles. The van der Waals surface area contributed by atoms with Gasteiger partial charge in [-0.1, -0.05) is 0 Å². The van der Waals surface area contributed by atoms with E-state index in [0.29, 0.717) is 6.41 Å². The van der Waals surface area contributed by atoms with Crippen LogP contribution in [0.4, 0.5) is 0 Å². The van der Waals surface area contributed by atoms with Crippen molar-refractivity contribution in [1.82, 2.24) is 4.68 Å². The lowest BCUT2D eigenvalue weighted by molar-refractivity contribution is -0.106. The average molecular weight is 154 g/mol. The van der Waals surface area contributed by atoms with Gasteiger partial charge >= 0.3 is 5.97 Å². The molecule has 0 aliphatic rings. The fourth-order valence-corrected chi connectivity index (χ4v) is 0.725. The number of carbonyl (C=O) groups excluding carboxylic acids is 1. The number of hydrogen-bond donors (Lipinski definition) is 2. The Bertz CT molecular complexity index is 279. The van der Waals surface area contributed by atoms with Crippen molar-refractivity contribution < 1.29 is 14.7 Å². The molecule has 11 heavy (non-hydrogen) atoms. The average Bonchev–Trinajstić information content (AvgIpc) is 2.36. The highest BCUT2D eigenvalue weighted by Gasteiger charge is 2.06. The largest absolute Gasteiger partial charge is 0.477 e. The Morgan fingerprint density at radius 2 is 2.45 bits per heavy atom. The van der Waals surface area contributed by atoms with Crippen molar-refractivity contribution in [1.29, 1.82) is 0 Å². The molecule has 0 aromatic carbocycles. The zero-order chi connectivity index (χ0) is 8.27. The van der Waals surface area contributed by atoms with Crippen LogP contribution in [-0.2, 0) is 4.79 Å². The number of carboxylic acid groups (broad SMARTS) is 1. The summed E-state index contributed by atoms with van der Waals surface area (Å²) >= 11 is 0. The molecule has 0 atom stereocenters. The maximum absolute atomic E-state index is 10.4. The van der Waals surface area contributed by atoms with Crippen LogP contribution in [0.25, 0.3) is 0 Å². The molecule has 0 radical (unpaired) electrons. The van der Waals surface area contributed by atoms with Crippen molar-refractivity contribution in [2.75, 3.05) is 5.43 Å². The van der Waals surface area contributed by atoms with Crippen LogP contribution in [0.5, 0.6) is 0 Å². The molecule has 58 valence electrons. The van der Waals surface area contributed by atoms with E-state index in [2.05, 4.69) is 5.43 Å². The Morgan fingerprint density at radius 1 is 1.73 bits per heavy atom. The van der Waals surface area contributed by atoms with E-state index >= 15 is 0 Å². The molecule has 0 unspecified atom stereocenters. The molecule has 1 aromatic rings. The third-order valence-electron chi connectivity index (χ3n) is 1.16. The van der Waals surface area contributed by atoms with Crippen LogP contribution in [0.1, 0.15) is 10.5 Å². The predicted octanol–water partition coefficient (Wildman–Crippen LogP) is -0.114. The molecule has 1 aromatic heterocycles. The molecule has 0 saturated carbocycles. The number of hydrogen-bond acceptors (Lipinski definition) is 2. The number of rotatable bonds is 3.